The summed E-state index contributed by atoms with van der Waals surface area (Å²) in [5.74, 6) is -0.0211. The Kier molecular flexibility index (Phi) is 6.48. The first-order valence-corrected chi connectivity index (χ1v) is 7.69. The van der Waals surface area contributed by atoms with Gasteiger partial charge in [-0.1, -0.05) is 0 Å². The lowest BCUT2D eigenvalue weighted by molar-refractivity contribution is -0.146. The van der Waals surface area contributed by atoms with Gasteiger partial charge in [-0.25, -0.2) is 4.98 Å². The van der Waals surface area contributed by atoms with E-state index in [-0.39, 0.29) is 24.4 Å². The molecular formula is C15H23N5O5. The highest BCUT2D eigenvalue weighted by Crippen LogP contribution is 2.23. The summed E-state index contributed by atoms with van der Waals surface area (Å²) in [4.78, 5) is 23.7. The highest BCUT2D eigenvalue weighted by Gasteiger charge is 2.21. The number of imidazole rings is 1. The standard InChI is InChI=1S/C15H23N5O5/c1-9(21)25-7-10(5-11(22-2)23-3)6-20-8-17-12-13(20)18-15(16)19-14(12)24-4/h8,10-11H,5-7H2,1-4H3,(H2,16,18,19)/t10-/m1/s1. The molecule has 0 bridgehead atoms. The van der Waals surface area contributed by atoms with Crippen molar-refractivity contribution in [2.75, 3.05) is 33.7 Å². The fraction of sp³-hybridized carbons (Fsp3) is 0.600. The van der Waals surface area contributed by atoms with Crippen LogP contribution in [0.25, 0.3) is 11.2 Å². The Balaban J connectivity index is 2.26. The maximum absolute atomic E-state index is 11.2. The summed E-state index contributed by atoms with van der Waals surface area (Å²) in [6.45, 7) is 2.06. The quantitative estimate of drug-likeness (QED) is 0.510. The molecular weight excluding hydrogens is 330 g/mol. The van der Waals surface area contributed by atoms with Gasteiger partial charge < -0.3 is 29.2 Å². The smallest absolute Gasteiger partial charge is 0.302 e. The van der Waals surface area contributed by atoms with E-state index in [4.69, 9.17) is 24.7 Å². The zero-order valence-corrected chi connectivity index (χ0v) is 14.8. The summed E-state index contributed by atoms with van der Waals surface area (Å²) in [5.41, 5.74) is 6.79. The number of aromatic nitrogens is 4. The van der Waals surface area contributed by atoms with E-state index in [1.165, 1.54) is 14.0 Å². The number of rotatable bonds is 9. The van der Waals surface area contributed by atoms with E-state index in [1.54, 1.807) is 20.5 Å². The largest absolute Gasteiger partial charge is 0.479 e. The van der Waals surface area contributed by atoms with E-state index >= 15 is 0 Å². The average molecular weight is 353 g/mol. The van der Waals surface area contributed by atoms with Crippen LogP contribution in [0.2, 0.25) is 0 Å². The molecule has 10 heteroatoms. The Morgan fingerprint density at radius 1 is 1.28 bits per heavy atom. The van der Waals surface area contributed by atoms with Gasteiger partial charge in [0.1, 0.15) is 0 Å². The van der Waals surface area contributed by atoms with Crippen molar-refractivity contribution >= 4 is 23.1 Å². The highest BCUT2D eigenvalue weighted by atomic mass is 16.7. The maximum atomic E-state index is 11.2. The van der Waals surface area contributed by atoms with Crippen molar-refractivity contribution in [1.29, 1.82) is 0 Å². The Hall–Kier alpha value is -2.46. The van der Waals surface area contributed by atoms with Crippen molar-refractivity contribution < 1.29 is 23.7 Å². The molecule has 10 nitrogen and oxygen atoms in total. The van der Waals surface area contributed by atoms with Gasteiger partial charge in [-0.2, -0.15) is 9.97 Å². The van der Waals surface area contributed by atoms with Crippen LogP contribution in [0.1, 0.15) is 13.3 Å². The van der Waals surface area contributed by atoms with Crippen LogP contribution in [-0.2, 0) is 25.5 Å². The number of nitrogens with zero attached hydrogens (tertiary/aromatic N) is 4. The summed E-state index contributed by atoms with van der Waals surface area (Å²) < 4.78 is 22.6. The van der Waals surface area contributed by atoms with Crippen LogP contribution in [0.5, 0.6) is 5.88 Å². The van der Waals surface area contributed by atoms with Crippen LogP contribution in [0, 0.1) is 5.92 Å². The van der Waals surface area contributed by atoms with Gasteiger partial charge in [-0.05, 0) is 0 Å². The minimum absolute atomic E-state index is 0.0756. The molecule has 2 aromatic heterocycles. The van der Waals surface area contributed by atoms with Crippen molar-refractivity contribution in [1.82, 2.24) is 19.5 Å². The monoisotopic (exact) mass is 353 g/mol. The molecule has 2 aromatic rings. The second-order valence-electron chi connectivity index (χ2n) is 5.47. The lowest BCUT2D eigenvalue weighted by Gasteiger charge is -2.22. The predicted molar refractivity (Wildman–Crippen MR) is 88.8 cm³/mol. The molecule has 0 unspecified atom stereocenters. The molecule has 0 saturated carbocycles. The summed E-state index contributed by atoms with van der Waals surface area (Å²) in [7, 11) is 4.61. The molecule has 0 saturated heterocycles. The maximum Gasteiger partial charge on any atom is 0.302 e. The third-order valence-electron chi connectivity index (χ3n) is 3.67. The van der Waals surface area contributed by atoms with Gasteiger partial charge >= 0.3 is 5.97 Å². The molecule has 0 radical (unpaired) electrons. The van der Waals surface area contributed by atoms with Gasteiger partial charge in [0.2, 0.25) is 11.8 Å². The van der Waals surface area contributed by atoms with E-state index in [9.17, 15) is 4.79 Å². The molecule has 0 aliphatic carbocycles. The molecule has 0 amide bonds. The molecule has 138 valence electrons. The fourth-order valence-electron chi connectivity index (χ4n) is 2.48. The number of anilines is 1. The number of carbonyl (C=O) groups excluding carboxylic acids is 1. The first-order chi connectivity index (χ1) is 12.0. The molecule has 2 heterocycles. The van der Waals surface area contributed by atoms with Crippen molar-refractivity contribution in [3.63, 3.8) is 0 Å². The summed E-state index contributed by atoms with van der Waals surface area (Å²) in [6, 6.07) is 0. The summed E-state index contributed by atoms with van der Waals surface area (Å²) in [5, 5.41) is 0. The van der Waals surface area contributed by atoms with E-state index < -0.39 is 6.29 Å². The molecule has 0 aliphatic rings. The third-order valence-corrected chi connectivity index (χ3v) is 3.67. The molecule has 0 aliphatic heterocycles. The highest BCUT2D eigenvalue weighted by molar-refractivity contribution is 5.77. The Bertz CT molecular complexity index is 716. The molecule has 25 heavy (non-hydrogen) atoms. The molecule has 0 aromatic carbocycles. The van der Waals surface area contributed by atoms with Crippen LogP contribution in [0.3, 0.4) is 0 Å². The van der Waals surface area contributed by atoms with Crippen LogP contribution >= 0.6 is 0 Å². The van der Waals surface area contributed by atoms with Gasteiger partial charge in [-0.15, -0.1) is 0 Å². The van der Waals surface area contributed by atoms with Crippen molar-refractivity contribution in [3.05, 3.63) is 6.33 Å². The summed E-state index contributed by atoms with van der Waals surface area (Å²) in [6.07, 6.45) is 1.73. The number of methoxy groups -OCH3 is 3. The number of carbonyl (C=O) groups is 1. The van der Waals surface area contributed by atoms with E-state index in [1.807, 2.05) is 4.57 Å². The Labute approximate surface area is 145 Å². The first kappa shape index (κ1) is 18.9. The van der Waals surface area contributed by atoms with Gasteiger partial charge in [0.15, 0.2) is 17.5 Å². The first-order valence-electron chi connectivity index (χ1n) is 7.69. The molecule has 2 N–H and O–H groups in total. The zero-order chi connectivity index (χ0) is 18.4. The minimum Gasteiger partial charge on any atom is -0.479 e. The number of hydrogen-bond acceptors (Lipinski definition) is 9. The van der Waals surface area contributed by atoms with E-state index in [2.05, 4.69) is 15.0 Å². The zero-order valence-electron chi connectivity index (χ0n) is 14.8. The van der Waals surface area contributed by atoms with Crippen LogP contribution in [0.15, 0.2) is 6.33 Å². The van der Waals surface area contributed by atoms with Crippen molar-refractivity contribution in [2.45, 2.75) is 26.2 Å². The number of hydrogen-bond donors (Lipinski definition) is 1. The topological polar surface area (TPSA) is 124 Å². The second-order valence-corrected chi connectivity index (χ2v) is 5.47. The van der Waals surface area contributed by atoms with Gasteiger partial charge in [-0.3, -0.25) is 4.79 Å². The SMILES string of the molecule is COc1nc(N)nc2c1ncn2C[C@H](COC(C)=O)CC(OC)OC. The summed E-state index contributed by atoms with van der Waals surface area (Å²) >= 11 is 0. The van der Waals surface area contributed by atoms with Gasteiger partial charge in [0.25, 0.3) is 0 Å². The van der Waals surface area contributed by atoms with Crippen LogP contribution < -0.4 is 10.5 Å². The number of nitrogen functional groups attached to an aromatic ring is 1. The number of ether oxygens (including phenoxy) is 4. The van der Waals surface area contributed by atoms with Gasteiger partial charge in [0, 0.05) is 40.0 Å². The fourth-order valence-corrected chi connectivity index (χ4v) is 2.48. The van der Waals surface area contributed by atoms with Crippen molar-refractivity contribution in [3.8, 4) is 5.88 Å². The lowest BCUT2D eigenvalue weighted by Crippen LogP contribution is -2.25. The molecule has 0 fully saturated rings. The molecule has 1 atom stereocenters. The second kappa shape index (κ2) is 8.58. The lowest BCUT2D eigenvalue weighted by atomic mass is 10.1. The number of esters is 1. The number of nitrogens with two attached hydrogens (primary N) is 1. The number of fused-ring (bicyclic) bond motifs is 1. The predicted octanol–water partition coefficient (Wildman–Crippen LogP) is 0.605. The van der Waals surface area contributed by atoms with E-state index in [0.29, 0.717) is 30.0 Å². The van der Waals surface area contributed by atoms with Crippen LogP contribution in [-0.4, -0.2) is 59.7 Å². The van der Waals surface area contributed by atoms with E-state index in [0.717, 1.165) is 0 Å². The molecule has 2 rings (SSSR count). The third kappa shape index (κ3) is 4.77. The normalized spacial score (nSPS) is 12.5. The van der Waals surface area contributed by atoms with Crippen molar-refractivity contribution in [2.24, 2.45) is 5.92 Å². The molecule has 0 spiro atoms. The Morgan fingerprint density at radius 2 is 2.00 bits per heavy atom. The Morgan fingerprint density at radius 3 is 2.60 bits per heavy atom. The van der Waals surface area contributed by atoms with Gasteiger partial charge in [0.05, 0.1) is 20.0 Å². The minimum atomic E-state index is -0.412. The average Bonchev–Trinajstić information content (AvgIpc) is 2.98. The van der Waals surface area contributed by atoms with Crippen LogP contribution in [0.4, 0.5) is 5.95 Å².